The lowest BCUT2D eigenvalue weighted by Crippen LogP contribution is -2.19. The van der Waals surface area contributed by atoms with E-state index in [1.807, 2.05) is 7.11 Å². The van der Waals surface area contributed by atoms with Gasteiger partial charge in [-0.25, -0.2) is 0 Å². The van der Waals surface area contributed by atoms with Crippen LogP contribution in [0, 0.1) is 0 Å². The number of methoxy groups -OCH3 is 1. The summed E-state index contributed by atoms with van der Waals surface area (Å²) < 4.78 is 11.6. The number of hydrogen-bond acceptors (Lipinski definition) is 2. The average molecular weight is 289 g/mol. The standard InChI is InChI=1S/C17H21O2S/c1-3-19-14-11-17(18-2)20(12-14)16-10-6-8-13-7-4-5-9-15(13)16/h4-10,14,17H,3,11-12H2,1-2H3/q+1. The summed E-state index contributed by atoms with van der Waals surface area (Å²) >= 11 is 0. The first-order valence-corrected chi connectivity index (χ1v) is 8.61. The van der Waals surface area contributed by atoms with Crippen molar-refractivity contribution < 1.29 is 9.47 Å². The molecule has 20 heavy (non-hydrogen) atoms. The van der Waals surface area contributed by atoms with E-state index in [4.69, 9.17) is 9.47 Å². The van der Waals surface area contributed by atoms with E-state index in [0.717, 1.165) is 18.8 Å². The Morgan fingerprint density at radius 2 is 1.95 bits per heavy atom. The molecule has 0 saturated carbocycles. The normalized spacial score (nSPS) is 26.2. The summed E-state index contributed by atoms with van der Waals surface area (Å²) in [6.07, 6.45) is 1.35. The SMILES string of the molecule is CCOC1CC(OC)[S+](c2cccc3ccccc23)C1. The third-order valence-electron chi connectivity index (χ3n) is 3.84. The van der Waals surface area contributed by atoms with Gasteiger partial charge in [0.05, 0.1) is 17.3 Å². The second kappa shape index (κ2) is 6.17. The highest BCUT2D eigenvalue weighted by Crippen LogP contribution is 2.35. The molecule has 2 nitrogen and oxygen atoms in total. The van der Waals surface area contributed by atoms with Crippen LogP contribution >= 0.6 is 0 Å². The Morgan fingerprint density at radius 1 is 1.15 bits per heavy atom. The van der Waals surface area contributed by atoms with Crippen LogP contribution in [0.1, 0.15) is 13.3 Å². The molecule has 0 spiro atoms. The van der Waals surface area contributed by atoms with Gasteiger partial charge in [-0.2, -0.15) is 0 Å². The fourth-order valence-corrected chi connectivity index (χ4v) is 5.64. The van der Waals surface area contributed by atoms with Crippen molar-refractivity contribution in [3.8, 4) is 0 Å². The highest BCUT2D eigenvalue weighted by Gasteiger charge is 2.45. The molecule has 1 aliphatic rings. The van der Waals surface area contributed by atoms with Gasteiger partial charge in [-0.15, -0.1) is 0 Å². The largest absolute Gasteiger partial charge is 0.373 e. The van der Waals surface area contributed by atoms with Crippen LogP contribution in [0.2, 0.25) is 0 Å². The van der Waals surface area contributed by atoms with Crippen LogP contribution in [0.5, 0.6) is 0 Å². The van der Waals surface area contributed by atoms with Crippen molar-refractivity contribution in [1.82, 2.24) is 0 Å². The van der Waals surface area contributed by atoms with Crippen LogP contribution in [0.4, 0.5) is 0 Å². The molecule has 1 heterocycles. The van der Waals surface area contributed by atoms with Crippen molar-refractivity contribution in [2.45, 2.75) is 29.8 Å². The Morgan fingerprint density at radius 3 is 2.75 bits per heavy atom. The molecule has 3 rings (SSSR count). The van der Waals surface area contributed by atoms with Crippen molar-refractivity contribution in [2.24, 2.45) is 0 Å². The number of hydrogen-bond donors (Lipinski definition) is 0. The molecule has 106 valence electrons. The summed E-state index contributed by atoms with van der Waals surface area (Å²) in [7, 11) is 1.94. The first kappa shape index (κ1) is 13.9. The molecule has 1 saturated heterocycles. The van der Waals surface area contributed by atoms with Crippen molar-refractivity contribution in [1.29, 1.82) is 0 Å². The minimum atomic E-state index is 0.118. The van der Waals surface area contributed by atoms with Gasteiger partial charge in [-0.05, 0) is 24.4 Å². The first-order valence-electron chi connectivity index (χ1n) is 7.15. The van der Waals surface area contributed by atoms with E-state index in [9.17, 15) is 0 Å². The van der Waals surface area contributed by atoms with E-state index in [2.05, 4.69) is 49.4 Å². The molecule has 1 fully saturated rings. The summed E-state index contributed by atoms with van der Waals surface area (Å²) in [6.45, 7) is 2.85. The van der Waals surface area contributed by atoms with E-state index >= 15 is 0 Å². The zero-order valence-electron chi connectivity index (χ0n) is 12.0. The monoisotopic (exact) mass is 289 g/mol. The summed E-state index contributed by atoms with van der Waals surface area (Å²) in [5, 5.41) is 2.67. The lowest BCUT2D eigenvalue weighted by molar-refractivity contribution is 0.0532. The zero-order valence-corrected chi connectivity index (χ0v) is 12.9. The van der Waals surface area contributed by atoms with Crippen LogP contribution in [-0.4, -0.2) is 31.0 Å². The third-order valence-corrected chi connectivity index (χ3v) is 6.51. The minimum Gasteiger partial charge on any atom is -0.373 e. The second-order valence-corrected chi connectivity index (χ2v) is 7.21. The van der Waals surface area contributed by atoms with Crippen molar-refractivity contribution >= 4 is 21.7 Å². The predicted molar refractivity (Wildman–Crippen MR) is 85.3 cm³/mol. The Kier molecular flexibility index (Phi) is 4.29. The van der Waals surface area contributed by atoms with Gasteiger partial charge in [-0.1, -0.05) is 30.3 Å². The topological polar surface area (TPSA) is 18.5 Å². The van der Waals surface area contributed by atoms with Crippen LogP contribution in [-0.2, 0) is 20.4 Å². The maximum Gasteiger partial charge on any atom is 0.226 e. The molecular formula is C17H21O2S+. The van der Waals surface area contributed by atoms with E-state index < -0.39 is 0 Å². The third kappa shape index (κ3) is 2.58. The van der Waals surface area contributed by atoms with Gasteiger partial charge in [0.15, 0.2) is 4.90 Å². The highest BCUT2D eigenvalue weighted by atomic mass is 32.2. The maximum absolute atomic E-state index is 5.83. The van der Waals surface area contributed by atoms with Crippen LogP contribution in [0.15, 0.2) is 47.4 Å². The summed E-state index contributed by atoms with van der Waals surface area (Å²) in [5.74, 6) is 1.08. The predicted octanol–water partition coefficient (Wildman–Crippen LogP) is 3.60. The van der Waals surface area contributed by atoms with Gasteiger partial charge < -0.3 is 9.47 Å². The molecule has 0 bridgehead atoms. The smallest absolute Gasteiger partial charge is 0.226 e. The Labute approximate surface area is 123 Å². The number of rotatable bonds is 4. The van der Waals surface area contributed by atoms with Gasteiger partial charge in [0.25, 0.3) is 0 Å². The molecule has 0 radical (unpaired) electrons. The molecule has 1 aliphatic heterocycles. The van der Waals surface area contributed by atoms with Gasteiger partial charge in [0, 0.05) is 19.1 Å². The lowest BCUT2D eigenvalue weighted by atomic mass is 10.1. The Bertz CT molecular complexity index is 579. The number of benzene rings is 2. The zero-order chi connectivity index (χ0) is 13.9. The minimum absolute atomic E-state index is 0.118. The molecule has 3 heteroatoms. The van der Waals surface area contributed by atoms with Crippen molar-refractivity contribution in [2.75, 3.05) is 19.5 Å². The molecule has 0 aliphatic carbocycles. The Hall–Kier alpha value is -1.03. The van der Waals surface area contributed by atoms with E-state index in [-0.39, 0.29) is 16.3 Å². The molecule has 0 amide bonds. The molecule has 0 N–H and O–H groups in total. The van der Waals surface area contributed by atoms with Gasteiger partial charge in [0.1, 0.15) is 11.9 Å². The average Bonchev–Trinajstić information content (AvgIpc) is 2.90. The molecule has 2 aromatic rings. The van der Waals surface area contributed by atoms with Crippen LogP contribution in [0.3, 0.4) is 0 Å². The van der Waals surface area contributed by atoms with Crippen LogP contribution in [0.25, 0.3) is 10.8 Å². The fourth-order valence-electron chi connectivity index (χ4n) is 2.93. The van der Waals surface area contributed by atoms with Gasteiger partial charge >= 0.3 is 0 Å². The highest BCUT2D eigenvalue weighted by molar-refractivity contribution is 7.97. The first-order chi connectivity index (χ1) is 9.83. The van der Waals surface area contributed by atoms with Crippen LogP contribution < -0.4 is 0 Å². The number of ether oxygens (including phenoxy) is 2. The van der Waals surface area contributed by atoms with Crippen molar-refractivity contribution in [3.05, 3.63) is 42.5 Å². The molecular weight excluding hydrogens is 268 g/mol. The van der Waals surface area contributed by atoms with Gasteiger partial charge in [0.2, 0.25) is 5.44 Å². The molecule has 0 aromatic heterocycles. The van der Waals surface area contributed by atoms with E-state index in [1.165, 1.54) is 15.7 Å². The molecule has 3 atom stereocenters. The maximum atomic E-state index is 5.83. The summed E-state index contributed by atoms with van der Waals surface area (Å²) in [4.78, 5) is 1.43. The van der Waals surface area contributed by atoms with Crippen molar-refractivity contribution in [3.63, 3.8) is 0 Å². The number of fused-ring (bicyclic) bond motifs is 1. The Balaban J connectivity index is 1.97. The lowest BCUT2D eigenvalue weighted by Gasteiger charge is -2.10. The summed E-state index contributed by atoms with van der Waals surface area (Å²) in [6, 6.07) is 15.2. The quantitative estimate of drug-likeness (QED) is 0.801. The molecule has 3 unspecified atom stereocenters. The fraction of sp³-hybridized carbons (Fsp3) is 0.412. The molecule has 2 aromatic carbocycles. The second-order valence-electron chi connectivity index (χ2n) is 5.05. The van der Waals surface area contributed by atoms with E-state index in [0.29, 0.717) is 6.10 Å². The summed E-state index contributed by atoms with van der Waals surface area (Å²) in [5.41, 5.74) is 0.289. The van der Waals surface area contributed by atoms with E-state index in [1.54, 1.807) is 0 Å². The van der Waals surface area contributed by atoms with Gasteiger partial charge in [-0.3, -0.25) is 0 Å².